The van der Waals surface area contributed by atoms with Gasteiger partial charge in [0.2, 0.25) is 0 Å². The Morgan fingerprint density at radius 1 is 1.28 bits per heavy atom. The molecule has 0 aromatic heterocycles. The standard InChI is InChI=1S/C26H25NO5/c1-4-18-13-21-20-8-6-7-16(3)23(20)24(26(21,5-2)14-22(18)28)25(29)32-15-17-9-11-19(12-10-17)27(30)31/h4,6-13,18,24H,1,5,14-15H2,2-3H3/t18?,24-,26+/m1/s1. The Morgan fingerprint density at radius 3 is 2.62 bits per heavy atom. The summed E-state index contributed by atoms with van der Waals surface area (Å²) in [5.74, 6) is -1.26. The van der Waals surface area contributed by atoms with E-state index in [4.69, 9.17) is 4.74 Å². The molecular weight excluding hydrogens is 406 g/mol. The second kappa shape index (κ2) is 8.19. The van der Waals surface area contributed by atoms with Gasteiger partial charge in [-0.05, 0) is 53.3 Å². The molecule has 0 N–H and O–H groups in total. The number of nitro benzene ring substituents is 1. The lowest BCUT2D eigenvalue weighted by Gasteiger charge is -2.38. The van der Waals surface area contributed by atoms with Crippen LogP contribution in [0, 0.1) is 28.4 Å². The summed E-state index contributed by atoms with van der Waals surface area (Å²) in [4.78, 5) is 36.8. The van der Waals surface area contributed by atoms with Crippen molar-refractivity contribution in [3.8, 4) is 0 Å². The molecule has 2 aliphatic rings. The first-order chi connectivity index (χ1) is 15.3. The Balaban J connectivity index is 1.70. The lowest BCUT2D eigenvalue weighted by atomic mass is 9.63. The van der Waals surface area contributed by atoms with Gasteiger partial charge in [0.15, 0.2) is 0 Å². The number of fused-ring (bicyclic) bond motifs is 3. The molecule has 0 spiro atoms. The molecule has 1 unspecified atom stereocenters. The third-order valence-corrected chi connectivity index (χ3v) is 6.85. The smallest absolute Gasteiger partial charge is 0.314 e. The second-order valence-corrected chi connectivity index (χ2v) is 8.50. The molecule has 0 amide bonds. The quantitative estimate of drug-likeness (QED) is 0.268. The second-order valence-electron chi connectivity index (χ2n) is 8.50. The van der Waals surface area contributed by atoms with Crippen LogP contribution in [0.4, 0.5) is 5.69 Å². The summed E-state index contributed by atoms with van der Waals surface area (Å²) in [6.45, 7) is 7.80. The summed E-state index contributed by atoms with van der Waals surface area (Å²) < 4.78 is 5.72. The van der Waals surface area contributed by atoms with E-state index in [2.05, 4.69) is 6.58 Å². The summed E-state index contributed by atoms with van der Waals surface area (Å²) >= 11 is 0. The van der Waals surface area contributed by atoms with E-state index in [1.807, 2.05) is 38.1 Å². The number of carbonyl (C=O) groups is 2. The molecular formula is C26H25NO5. The van der Waals surface area contributed by atoms with Gasteiger partial charge in [0.25, 0.3) is 5.69 Å². The van der Waals surface area contributed by atoms with E-state index in [1.54, 1.807) is 18.2 Å². The van der Waals surface area contributed by atoms with Crippen molar-refractivity contribution in [2.24, 2.45) is 11.3 Å². The van der Waals surface area contributed by atoms with Gasteiger partial charge in [-0.1, -0.05) is 37.3 Å². The van der Waals surface area contributed by atoms with E-state index < -0.39 is 16.3 Å². The average molecular weight is 431 g/mol. The first-order valence-corrected chi connectivity index (χ1v) is 10.7. The molecule has 2 aromatic carbocycles. The number of non-ortho nitro benzene ring substituents is 1. The molecule has 0 saturated carbocycles. The molecule has 0 aliphatic heterocycles. The molecule has 0 radical (unpaired) electrons. The summed E-state index contributed by atoms with van der Waals surface area (Å²) in [5.41, 5.74) is 3.95. The number of ketones is 1. The molecule has 2 aromatic rings. The van der Waals surface area contributed by atoms with Gasteiger partial charge in [-0.25, -0.2) is 0 Å². The van der Waals surface area contributed by atoms with Crippen LogP contribution >= 0.6 is 0 Å². The molecule has 32 heavy (non-hydrogen) atoms. The van der Waals surface area contributed by atoms with Crippen molar-refractivity contribution >= 4 is 23.0 Å². The summed E-state index contributed by atoms with van der Waals surface area (Å²) in [5, 5.41) is 10.9. The minimum Gasteiger partial charge on any atom is -0.460 e. The molecule has 3 atom stereocenters. The highest BCUT2D eigenvalue weighted by Gasteiger charge is 2.56. The SMILES string of the molecule is C=CC1C=C2c3cccc(C)c3[C@H](C(=O)OCc3ccc([N+](=O)[O-])cc3)[C@@]2(CC)CC1=O. The van der Waals surface area contributed by atoms with Gasteiger partial charge < -0.3 is 4.74 Å². The van der Waals surface area contributed by atoms with Crippen molar-refractivity contribution in [3.63, 3.8) is 0 Å². The third kappa shape index (κ3) is 3.36. The number of carbonyl (C=O) groups excluding carboxylic acids is 2. The van der Waals surface area contributed by atoms with Gasteiger partial charge in [0, 0.05) is 24.0 Å². The maximum absolute atomic E-state index is 13.5. The van der Waals surface area contributed by atoms with E-state index in [-0.39, 0.29) is 36.4 Å². The van der Waals surface area contributed by atoms with E-state index in [9.17, 15) is 19.7 Å². The van der Waals surface area contributed by atoms with Crippen LogP contribution in [0.2, 0.25) is 0 Å². The van der Waals surface area contributed by atoms with E-state index in [0.29, 0.717) is 12.0 Å². The number of esters is 1. The monoisotopic (exact) mass is 431 g/mol. The fourth-order valence-corrected chi connectivity index (χ4v) is 5.17. The highest BCUT2D eigenvalue weighted by molar-refractivity contribution is 6.00. The first kappa shape index (κ1) is 21.7. The van der Waals surface area contributed by atoms with Gasteiger partial charge in [0.1, 0.15) is 12.4 Å². The summed E-state index contributed by atoms with van der Waals surface area (Å²) in [6.07, 6.45) is 4.51. The van der Waals surface area contributed by atoms with Crippen LogP contribution in [-0.2, 0) is 20.9 Å². The minimum atomic E-state index is -0.641. The number of hydrogen-bond donors (Lipinski definition) is 0. The Hall–Kier alpha value is -3.54. The van der Waals surface area contributed by atoms with E-state index in [1.165, 1.54) is 12.1 Å². The largest absolute Gasteiger partial charge is 0.460 e. The number of allylic oxidation sites excluding steroid dienone is 3. The topological polar surface area (TPSA) is 86.5 Å². The Kier molecular flexibility index (Phi) is 5.55. The van der Waals surface area contributed by atoms with Crippen molar-refractivity contribution in [3.05, 3.63) is 93.6 Å². The van der Waals surface area contributed by atoms with Gasteiger partial charge in [-0.3, -0.25) is 19.7 Å². The molecule has 6 heteroatoms. The molecule has 2 aliphatic carbocycles. The summed E-state index contributed by atoms with van der Waals surface area (Å²) in [7, 11) is 0. The van der Waals surface area contributed by atoms with E-state index >= 15 is 0 Å². The molecule has 0 heterocycles. The molecule has 6 nitrogen and oxygen atoms in total. The fraction of sp³-hybridized carbons (Fsp3) is 0.308. The summed E-state index contributed by atoms with van der Waals surface area (Å²) in [6, 6.07) is 11.9. The predicted molar refractivity (Wildman–Crippen MR) is 121 cm³/mol. The highest BCUT2D eigenvalue weighted by atomic mass is 16.6. The van der Waals surface area contributed by atoms with Crippen LogP contribution < -0.4 is 0 Å². The number of ether oxygens (including phenoxy) is 1. The molecule has 4 rings (SSSR count). The zero-order valence-electron chi connectivity index (χ0n) is 18.2. The van der Waals surface area contributed by atoms with Gasteiger partial charge in [-0.15, -0.1) is 6.58 Å². The lowest BCUT2D eigenvalue weighted by Crippen LogP contribution is -2.37. The van der Waals surface area contributed by atoms with Crippen LogP contribution in [0.3, 0.4) is 0 Å². The number of rotatable bonds is 6. The Bertz CT molecular complexity index is 1150. The maximum atomic E-state index is 13.5. The van der Waals surface area contributed by atoms with Crippen molar-refractivity contribution in [2.75, 3.05) is 0 Å². The molecule has 164 valence electrons. The fourth-order valence-electron chi connectivity index (χ4n) is 5.17. The van der Waals surface area contributed by atoms with Gasteiger partial charge in [0.05, 0.1) is 16.8 Å². The van der Waals surface area contributed by atoms with Gasteiger partial charge in [-0.2, -0.15) is 0 Å². The van der Waals surface area contributed by atoms with Crippen molar-refractivity contribution in [2.45, 2.75) is 39.2 Å². The first-order valence-electron chi connectivity index (χ1n) is 10.7. The third-order valence-electron chi connectivity index (χ3n) is 6.85. The molecule has 0 bridgehead atoms. The van der Waals surface area contributed by atoms with Crippen LogP contribution in [0.1, 0.15) is 47.9 Å². The zero-order chi connectivity index (χ0) is 23.0. The van der Waals surface area contributed by atoms with E-state index in [0.717, 1.165) is 22.3 Å². The highest BCUT2D eigenvalue weighted by Crippen LogP contribution is 2.62. The number of aryl methyl sites for hydroxylation is 1. The number of nitro groups is 1. The van der Waals surface area contributed by atoms with Crippen molar-refractivity contribution in [1.82, 2.24) is 0 Å². The predicted octanol–water partition coefficient (Wildman–Crippen LogP) is 5.30. The lowest BCUT2D eigenvalue weighted by molar-refractivity contribution is -0.384. The van der Waals surface area contributed by atoms with Crippen LogP contribution in [0.25, 0.3) is 5.57 Å². The number of Topliss-reactive ketones (excluding diaryl/α,β-unsaturated/α-hetero) is 1. The Labute approximate surface area is 186 Å². The molecule has 0 saturated heterocycles. The minimum absolute atomic E-state index is 0.0105. The average Bonchev–Trinajstić information content (AvgIpc) is 3.08. The molecule has 0 fully saturated rings. The number of benzene rings is 2. The normalized spacial score (nSPS) is 23.7. The van der Waals surface area contributed by atoms with Crippen LogP contribution in [-0.4, -0.2) is 16.7 Å². The van der Waals surface area contributed by atoms with Gasteiger partial charge >= 0.3 is 5.97 Å². The maximum Gasteiger partial charge on any atom is 0.314 e. The number of nitrogens with zero attached hydrogens (tertiary/aromatic N) is 1. The zero-order valence-corrected chi connectivity index (χ0v) is 18.2. The van der Waals surface area contributed by atoms with Crippen LogP contribution in [0.15, 0.2) is 61.2 Å². The number of hydrogen-bond acceptors (Lipinski definition) is 5. The van der Waals surface area contributed by atoms with Crippen LogP contribution in [0.5, 0.6) is 0 Å². The Morgan fingerprint density at radius 2 is 2.00 bits per heavy atom. The van der Waals surface area contributed by atoms with Crippen molar-refractivity contribution in [1.29, 1.82) is 0 Å². The van der Waals surface area contributed by atoms with Crippen molar-refractivity contribution < 1.29 is 19.2 Å².